The summed E-state index contributed by atoms with van der Waals surface area (Å²) in [5, 5.41) is 3.10. The number of rotatable bonds is 6. The van der Waals surface area contributed by atoms with Crippen LogP contribution < -0.4 is 5.32 Å². The van der Waals surface area contributed by atoms with Crippen LogP contribution in [0.1, 0.15) is 22.8 Å². The van der Waals surface area contributed by atoms with Crippen molar-refractivity contribution in [2.24, 2.45) is 5.92 Å². The molecule has 0 heterocycles. The molecule has 0 bridgehead atoms. The summed E-state index contributed by atoms with van der Waals surface area (Å²) >= 11 is 0. The van der Waals surface area contributed by atoms with Crippen molar-refractivity contribution in [2.45, 2.75) is 19.9 Å². The van der Waals surface area contributed by atoms with Gasteiger partial charge in [-0.2, -0.15) is 0 Å². The zero-order chi connectivity index (χ0) is 16.8. The molecule has 2 aromatic carbocycles. The Morgan fingerprint density at radius 2 is 1.61 bits per heavy atom. The van der Waals surface area contributed by atoms with Crippen LogP contribution in [-0.2, 0) is 9.53 Å². The maximum atomic E-state index is 12.7. The van der Waals surface area contributed by atoms with Gasteiger partial charge in [0.15, 0.2) is 5.78 Å². The summed E-state index contributed by atoms with van der Waals surface area (Å²) in [7, 11) is 1.32. The fourth-order valence-corrected chi connectivity index (χ4v) is 2.36. The van der Waals surface area contributed by atoms with E-state index in [2.05, 4.69) is 5.32 Å². The lowest BCUT2D eigenvalue weighted by Gasteiger charge is -2.23. The van der Waals surface area contributed by atoms with E-state index in [0.29, 0.717) is 5.56 Å². The van der Waals surface area contributed by atoms with Gasteiger partial charge in [-0.15, -0.1) is 0 Å². The van der Waals surface area contributed by atoms with Crippen LogP contribution in [0.15, 0.2) is 54.6 Å². The van der Waals surface area contributed by atoms with Gasteiger partial charge in [-0.3, -0.25) is 4.79 Å². The van der Waals surface area contributed by atoms with Crippen molar-refractivity contribution in [1.82, 2.24) is 0 Å². The summed E-state index contributed by atoms with van der Waals surface area (Å²) in [5.74, 6) is -1.10. The van der Waals surface area contributed by atoms with Crippen molar-refractivity contribution in [2.75, 3.05) is 12.4 Å². The number of ketones is 1. The molecule has 2 atom stereocenters. The third kappa shape index (κ3) is 4.19. The van der Waals surface area contributed by atoms with Gasteiger partial charge in [-0.1, -0.05) is 55.0 Å². The average molecular weight is 311 g/mol. The first-order valence-corrected chi connectivity index (χ1v) is 7.53. The Balaban J connectivity index is 2.22. The Labute approximate surface area is 136 Å². The van der Waals surface area contributed by atoms with Crippen LogP contribution in [-0.4, -0.2) is 24.9 Å². The standard InChI is InChI=1S/C19H21NO3/c1-13-9-11-15(12-10-13)18(21)14(2)17(19(22)23-3)20-16-7-5-4-6-8-16/h4-12,14,17,20H,1-3H3/t14-,17+/m0/s1. The largest absolute Gasteiger partial charge is 0.467 e. The maximum absolute atomic E-state index is 12.7. The molecule has 0 unspecified atom stereocenters. The molecule has 0 aliphatic heterocycles. The molecule has 2 rings (SSSR count). The normalized spacial score (nSPS) is 13.0. The van der Waals surface area contributed by atoms with Gasteiger partial charge in [0.1, 0.15) is 6.04 Å². The van der Waals surface area contributed by atoms with Crippen molar-refractivity contribution >= 4 is 17.4 Å². The molecule has 0 saturated carbocycles. The van der Waals surface area contributed by atoms with Crippen molar-refractivity contribution in [1.29, 1.82) is 0 Å². The number of nitrogens with one attached hydrogen (secondary N) is 1. The Morgan fingerprint density at radius 1 is 1.00 bits per heavy atom. The number of Topliss-reactive ketones (excluding diaryl/α,β-unsaturated/α-hetero) is 1. The molecule has 0 fully saturated rings. The van der Waals surface area contributed by atoms with Crippen molar-refractivity contribution < 1.29 is 14.3 Å². The summed E-state index contributed by atoms with van der Waals surface area (Å²) in [5.41, 5.74) is 2.44. The minimum absolute atomic E-state index is 0.0937. The van der Waals surface area contributed by atoms with Crippen LogP contribution in [0, 0.1) is 12.8 Å². The number of carbonyl (C=O) groups excluding carboxylic acids is 2. The Kier molecular flexibility index (Phi) is 5.52. The molecule has 23 heavy (non-hydrogen) atoms. The summed E-state index contributed by atoms with van der Waals surface area (Å²) < 4.78 is 4.86. The van der Waals surface area contributed by atoms with Crippen LogP contribution in [0.3, 0.4) is 0 Å². The van der Waals surface area contributed by atoms with E-state index in [-0.39, 0.29) is 5.78 Å². The molecule has 0 amide bonds. The van der Waals surface area contributed by atoms with Crippen molar-refractivity contribution in [3.05, 3.63) is 65.7 Å². The number of ether oxygens (including phenoxy) is 1. The van der Waals surface area contributed by atoms with Crippen molar-refractivity contribution in [3.63, 3.8) is 0 Å². The zero-order valence-electron chi connectivity index (χ0n) is 13.6. The first-order valence-electron chi connectivity index (χ1n) is 7.53. The van der Waals surface area contributed by atoms with E-state index in [1.54, 1.807) is 19.1 Å². The van der Waals surface area contributed by atoms with E-state index < -0.39 is 17.9 Å². The minimum atomic E-state index is -0.740. The Morgan fingerprint density at radius 3 is 2.17 bits per heavy atom. The number of para-hydroxylation sites is 1. The van der Waals surface area contributed by atoms with Crippen LogP contribution in [0.4, 0.5) is 5.69 Å². The molecular formula is C19H21NO3. The summed E-state index contributed by atoms with van der Waals surface area (Å²) in [6, 6.07) is 15.9. The molecular weight excluding hydrogens is 290 g/mol. The molecule has 0 aliphatic carbocycles. The topological polar surface area (TPSA) is 55.4 Å². The highest BCUT2D eigenvalue weighted by Crippen LogP contribution is 2.18. The third-order valence-corrected chi connectivity index (χ3v) is 3.80. The lowest BCUT2D eigenvalue weighted by atomic mass is 9.91. The van der Waals surface area contributed by atoms with Gasteiger partial charge in [0.2, 0.25) is 0 Å². The Hall–Kier alpha value is -2.62. The zero-order valence-corrected chi connectivity index (χ0v) is 13.6. The first-order chi connectivity index (χ1) is 11.0. The van der Waals surface area contributed by atoms with Crippen LogP contribution in [0.2, 0.25) is 0 Å². The van der Waals surface area contributed by atoms with Crippen LogP contribution in [0.25, 0.3) is 0 Å². The molecule has 0 aliphatic rings. The second-order valence-electron chi connectivity index (χ2n) is 5.53. The molecule has 0 radical (unpaired) electrons. The molecule has 120 valence electrons. The number of esters is 1. The highest BCUT2D eigenvalue weighted by Gasteiger charge is 2.31. The predicted molar refractivity (Wildman–Crippen MR) is 90.5 cm³/mol. The van der Waals surface area contributed by atoms with Gasteiger partial charge in [-0.05, 0) is 19.1 Å². The summed E-state index contributed by atoms with van der Waals surface area (Å²) in [6.45, 7) is 3.70. The number of anilines is 1. The van der Waals surface area contributed by atoms with E-state index in [0.717, 1.165) is 11.3 Å². The fraction of sp³-hybridized carbons (Fsp3) is 0.263. The highest BCUT2D eigenvalue weighted by atomic mass is 16.5. The number of carbonyl (C=O) groups is 2. The maximum Gasteiger partial charge on any atom is 0.329 e. The van der Waals surface area contributed by atoms with Crippen molar-refractivity contribution in [3.8, 4) is 0 Å². The minimum Gasteiger partial charge on any atom is -0.467 e. The van der Waals surface area contributed by atoms with Gasteiger partial charge >= 0.3 is 5.97 Å². The smallest absolute Gasteiger partial charge is 0.329 e. The molecule has 1 N–H and O–H groups in total. The van der Waals surface area contributed by atoms with Gasteiger partial charge in [0.05, 0.1) is 13.0 Å². The molecule has 0 spiro atoms. The predicted octanol–water partition coefficient (Wildman–Crippen LogP) is 3.47. The average Bonchev–Trinajstić information content (AvgIpc) is 2.59. The molecule has 4 nitrogen and oxygen atoms in total. The van der Waals surface area contributed by atoms with E-state index >= 15 is 0 Å². The number of hydrogen-bond donors (Lipinski definition) is 1. The van der Waals surface area contributed by atoms with E-state index in [1.807, 2.05) is 49.4 Å². The fourth-order valence-electron chi connectivity index (χ4n) is 2.36. The monoisotopic (exact) mass is 311 g/mol. The van der Waals surface area contributed by atoms with E-state index in [9.17, 15) is 9.59 Å². The number of benzene rings is 2. The van der Waals surface area contributed by atoms with Gasteiger partial charge in [0.25, 0.3) is 0 Å². The second kappa shape index (κ2) is 7.58. The van der Waals surface area contributed by atoms with Crippen LogP contribution in [0.5, 0.6) is 0 Å². The SMILES string of the molecule is COC(=O)[C@H](Nc1ccccc1)[C@H](C)C(=O)c1ccc(C)cc1. The second-order valence-corrected chi connectivity index (χ2v) is 5.53. The lowest BCUT2D eigenvalue weighted by Crippen LogP contribution is -2.40. The lowest BCUT2D eigenvalue weighted by molar-refractivity contribution is -0.142. The highest BCUT2D eigenvalue weighted by molar-refractivity contribution is 6.01. The summed E-state index contributed by atoms with van der Waals surface area (Å²) in [6.07, 6.45) is 0. The van der Waals surface area contributed by atoms with E-state index in [4.69, 9.17) is 4.74 Å². The quantitative estimate of drug-likeness (QED) is 0.655. The number of aryl methyl sites for hydroxylation is 1. The number of methoxy groups -OCH3 is 1. The van der Waals surface area contributed by atoms with Gasteiger partial charge in [-0.25, -0.2) is 4.79 Å². The molecule has 0 saturated heterocycles. The van der Waals surface area contributed by atoms with Gasteiger partial charge in [0, 0.05) is 11.3 Å². The summed E-state index contributed by atoms with van der Waals surface area (Å²) in [4.78, 5) is 24.8. The number of hydrogen-bond acceptors (Lipinski definition) is 4. The van der Waals surface area contributed by atoms with E-state index in [1.165, 1.54) is 7.11 Å². The first kappa shape index (κ1) is 16.7. The van der Waals surface area contributed by atoms with Crippen LogP contribution >= 0.6 is 0 Å². The molecule has 0 aromatic heterocycles. The molecule has 4 heteroatoms. The molecule has 2 aromatic rings. The third-order valence-electron chi connectivity index (χ3n) is 3.80. The Bertz CT molecular complexity index is 665. The van der Waals surface area contributed by atoms with Gasteiger partial charge < -0.3 is 10.1 Å².